The number of hydrogen-bond acceptors (Lipinski definition) is 3. The van der Waals surface area contributed by atoms with Gasteiger partial charge >= 0.3 is 0 Å². The lowest BCUT2D eigenvalue weighted by Gasteiger charge is -1.90. The number of unbranched alkanes of at least 4 members (excludes halogenated alkanes) is 2. The zero-order valence-corrected chi connectivity index (χ0v) is 6.21. The van der Waals surface area contributed by atoms with Gasteiger partial charge in [0.2, 0.25) is 0 Å². The maximum absolute atomic E-state index is 4.45. The SMILES string of the molecule is CCCCCc1cnon1. The van der Waals surface area contributed by atoms with E-state index in [2.05, 4.69) is 21.9 Å². The highest BCUT2D eigenvalue weighted by Crippen LogP contribution is 2.01. The maximum Gasteiger partial charge on any atom is 0.105 e. The lowest BCUT2D eigenvalue weighted by Crippen LogP contribution is -1.83. The third kappa shape index (κ3) is 2.17. The molecule has 1 heterocycles. The molecule has 0 fully saturated rings. The Labute approximate surface area is 60.4 Å². The highest BCUT2D eigenvalue weighted by molar-refractivity contribution is 4.88. The molecule has 0 radical (unpaired) electrons. The van der Waals surface area contributed by atoms with Gasteiger partial charge in [0.25, 0.3) is 0 Å². The molecule has 0 aromatic carbocycles. The van der Waals surface area contributed by atoms with E-state index in [0.29, 0.717) is 0 Å². The smallest absolute Gasteiger partial charge is 0.105 e. The van der Waals surface area contributed by atoms with Crippen molar-refractivity contribution in [2.45, 2.75) is 32.6 Å². The second-order valence-electron chi connectivity index (χ2n) is 2.36. The molecule has 0 N–H and O–H groups in total. The van der Waals surface area contributed by atoms with Crippen LogP contribution in [0.15, 0.2) is 10.8 Å². The Morgan fingerprint density at radius 1 is 1.50 bits per heavy atom. The van der Waals surface area contributed by atoms with Crippen molar-refractivity contribution in [2.75, 3.05) is 0 Å². The van der Waals surface area contributed by atoms with Gasteiger partial charge in [0.05, 0.1) is 6.20 Å². The number of hydrogen-bond donors (Lipinski definition) is 0. The first-order valence-corrected chi connectivity index (χ1v) is 3.70. The predicted molar refractivity (Wildman–Crippen MR) is 37.5 cm³/mol. The highest BCUT2D eigenvalue weighted by atomic mass is 16.6. The van der Waals surface area contributed by atoms with E-state index in [1.54, 1.807) is 6.20 Å². The normalized spacial score (nSPS) is 10.1. The topological polar surface area (TPSA) is 38.9 Å². The van der Waals surface area contributed by atoms with Crippen molar-refractivity contribution < 1.29 is 4.63 Å². The minimum atomic E-state index is 0.966. The molecule has 10 heavy (non-hydrogen) atoms. The second kappa shape index (κ2) is 4.04. The minimum absolute atomic E-state index is 0.966. The monoisotopic (exact) mass is 140 g/mol. The van der Waals surface area contributed by atoms with E-state index in [-0.39, 0.29) is 0 Å². The molecular weight excluding hydrogens is 128 g/mol. The van der Waals surface area contributed by atoms with Crippen molar-refractivity contribution in [2.24, 2.45) is 0 Å². The number of aryl methyl sites for hydroxylation is 1. The Morgan fingerprint density at radius 3 is 3.00 bits per heavy atom. The van der Waals surface area contributed by atoms with Gasteiger partial charge in [0, 0.05) is 0 Å². The number of nitrogens with zero attached hydrogens (tertiary/aromatic N) is 2. The van der Waals surface area contributed by atoms with Crippen LogP contribution in [0.4, 0.5) is 0 Å². The molecule has 1 aromatic rings. The van der Waals surface area contributed by atoms with Crippen LogP contribution in [0, 0.1) is 0 Å². The van der Waals surface area contributed by atoms with Crippen LogP contribution in [0.25, 0.3) is 0 Å². The van der Waals surface area contributed by atoms with Crippen molar-refractivity contribution >= 4 is 0 Å². The summed E-state index contributed by atoms with van der Waals surface area (Å²) >= 11 is 0. The fourth-order valence-corrected chi connectivity index (χ4v) is 0.850. The van der Waals surface area contributed by atoms with Crippen LogP contribution in [-0.4, -0.2) is 10.3 Å². The van der Waals surface area contributed by atoms with Crippen LogP contribution in [0.3, 0.4) is 0 Å². The molecule has 0 saturated heterocycles. The summed E-state index contributed by atoms with van der Waals surface area (Å²) in [4.78, 5) is 0. The number of rotatable bonds is 4. The predicted octanol–water partition coefficient (Wildman–Crippen LogP) is 1.80. The van der Waals surface area contributed by atoms with Gasteiger partial charge in [0.15, 0.2) is 0 Å². The summed E-state index contributed by atoms with van der Waals surface area (Å²) in [5.74, 6) is 0. The summed E-state index contributed by atoms with van der Waals surface area (Å²) in [7, 11) is 0. The van der Waals surface area contributed by atoms with E-state index < -0.39 is 0 Å². The molecule has 0 spiro atoms. The summed E-state index contributed by atoms with van der Waals surface area (Å²) in [6, 6.07) is 0. The Hall–Kier alpha value is -0.860. The van der Waals surface area contributed by atoms with Gasteiger partial charge in [-0.15, -0.1) is 0 Å². The fourth-order valence-electron chi connectivity index (χ4n) is 0.850. The molecule has 0 aliphatic carbocycles. The Bertz CT molecular complexity index is 160. The third-order valence-electron chi connectivity index (χ3n) is 1.44. The Kier molecular flexibility index (Phi) is 2.93. The van der Waals surface area contributed by atoms with Gasteiger partial charge in [0.1, 0.15) is 5.69 Å². The van der Waals surface area contributed by atoms with Crippen molar-refractivity contribution in [3.05, 3.63) is 11.9 Å². The van der Waals surface area contributed by atoms with Gasteiger partial charge in [-0.2, -0.15) is 0 Å². The van der Waals surface area contributed by atoms with E-state index >= 15 is 0 Å². The van der Waals surface area contributed by atoms with E-state index in [4.69, 9.17) is 0 Å². The van der Waals surface area contributed by atoms with E-state index in [1.807, 2.05) is 0 Å². The van der Waals surface area contributed by atoms with E-state index in [9.17, 15) is 0 Å². The first-order chi connectivity index (χ1) is 4.93. The summed E-state index contributed by atoms with van der Waals surface area (Å²) in [6.45, 7) is 2.18. The Morgan fingerprint density at radius 2 is 2.40 bits per heavy atom. The number of aromatic nitrogens is 2. The maximum atomic E-state index is 4.45. The molecule has 56 valence electrons. The summed E-state index contributed by atoms with van der Waals surface area (Å²) in [5, 5.41) is 7.22. The standard InChI is InChI=1S/C7H12N2O/c1-2-3-4-5-7-6-8-10-9-7/h6H,2-5H2,1H3. The molecular formula is C7H12N2O. The molecule has 0 amide bonds. The van der Waals surface area contributed by atoms with Crippen molar-refractivity contribution in [1.29, 1.82) is 0 Å². The molecule has 0 atom stereocenters. The van der Waals surface area contributed by atoms with Crippen LogP contribution in [-0.2, 0) is 6.42 Å². The van der Waals surface area contributed by atoms with Gasteiger partial charge < -0.3 is 0 Å². The molecule has 3 nitrogen and oxygen atoms in total. The molecule has 0 saturated carbocycles. The molecule has 0 unspecified atom stereocenters. The van der Waals surface area contributed by atoms with Crippen molar-refractivity contribution in [1.82, 2.24) is 10.3 Å². The third-order valence-corrected chi connectivity index (χ3v) is 1.44. The molecule has 3 heteroatoms. The van der Waals surface area contributed by atoms with Gasteiger partial charge in [-0.25, -0.2) is 4.63 Å². The molecule has 0 aliphatic rings. The first kappa shape index (κ1) is 7.25. The highest BCUT2D eigenvalue weighted by Gasteiger charge is 1.95. The zero-order chi connectivity index (χ0) is 7.23. The lowest BCUT2D eigenvalue weighted by molar-refractivity contribution is 0.303. The average Bonchev–Trinajstić information content (AvgIpc) is 2.41. The molecule has 1 aromatic heterocycles. The summed E-state index contributed by atoms with van der Waals surface area (Å²) in [5.41, 5.74) is 0.966. The van der Waals surface area contributed by atoms with Crippen LogP contribution >= 0.6 is 0 Å². The summed E-state index contributed by atoms with van der Waals surface area (Å²) in [6.07, 6.45) is 6.36. The second-order valence-corrected chi connectivity index (χ2v) is 2.36. The van der Waals surface area contributed by atoms with Gasteiger partial charge in [-0.3, -0.25) is 0 Å². The van der Waals surface area contributed by atoms with Gasteiger partial charge in [-0.05, 0) is 12.8 Å². The van der Waals surface area contributed by atoms with Crippen molar-refractivity contribution in [3.63, 3.8) is 0 Å². The van der Waals surface area contributed by atoms with E-state index in [0.717, 1.165) is 12.1 Å². The molecule has 1 rings (SSSR count). The first-order valence-electron chi connectivity index (χ1n) is 3.70. The van der Waals surface area contributed by atoms with Crippen LogP contribution in [0.1, 0.15) is 31.9 Å². The van der Waals surface area contributed by atoms with E-state index in [1.165, 1.54) is 19.3 Å². The minimum Gasteiger partial charge on any atom is -0.244 e. The van der Waals surface area contributed by atoms with Crippen LogP contribution in [0.2, 0.25) is 0 Å². The largest absolute Gasteiger partial charge is 0.244 e. The molecule has 0 bridgehead atoms. The zero-order valence-electron chi connectivity index (χ0n) is 6.21. The van der Waals surface area contributed by atoms with Crippen LogP contribution in [0.5, 0.6) is 0 Å². The fraction of sp³-hybridized carbons (Fsp3) is 0.714. The Balaban J connectivity index is 2.15. The summed E-state index contributed by atoms with van der Waals surface area (Å²) < 4.78 is 4.45. The van der Waals surface area contributed by atoms with Crippen molar-refractivity contribution in [3.8, 4) is 0 Å². The van der Waals surface area contributed by atoms with Crippen LogP contribution < -0.4 is 0 Å². The molecule has 0 aliphatic heterocycles. The average molecular weight is 140 g/mol. The quantitative estimate of drug-likeness (QED) is 0.598. The van der Waals surface area contributed by atoms with Gasteiger partial charge in [-0.1, -0.05) is 30.1 Å². The lowest BCUT2D eigenvalue weighted by atomic mass is 10.2.